The fraction of sp³-hybridized carbons (Fsp3) is 0.176. The smallest absolute Gasteiger partial charge is 0.272 e. The molecule has 0 atom stereocenters. The summed E-state index contributed by atoms with van der Waals surface area (Å²) >= 11 is 12.7. The van der Waals surface area contributed by atoms with Crippen molar-refractivity contribution in [2.45, 2.75) is 13.8 Å². The number of benzene rings is 2. The number of hydrazone groups is 1. The number of phenolic OH excluding ortho intramolecular Hbond substituents is 1. The molecule has 132 valence electrons. The fourth-order valence-corrected chi connectivity index (χ4v) is 3.15. The Hall–Kier alpha value is -1.57. The molecule has 25 heavy (non-hydrogen) atoms. The normalized spacial score (nSPS) is 10.9. The van der Waals surface area contributed by atoms with Crippen molar-refractivity contribution in [1.82, 2.24) is 5.43 Å². The highest BCUT2D eigenvalue weighted by atomic mass is 79.9. The maximum absolute atomic E-state index is 12.1. The topological polar surface area (TPSA) is 70.9 Å². The Balaban J connectivity index is 2.20. The van der Waals surface area contributed by atoms with Gasteiger partial charge in [-0.05, 0) is 69.5 Å². The Bertz CT molecular complexity index is 841. The number of rotatable bonds is 5. The van der Waals surface area contributed by atoms with Gasteiger partial charge in [0.05, 0.1) is 27.9 Å². The van der Waals surface area contributed by atoms with E-state index in [2.05, 4.69) is 42.4 Å². The van der Waals surface area contributed by atoms with Gasteiger partial charge in [0.1, 0.15) is 0 Å². The highest BCUT2D eigenvalue weighted by Crippen LogP contribution is 2.41. The van der Waals surface area contributed by atoms with Crippen molar-refractivity contribution in [1.29, 1.82) is 0 Å². The van der Waals surface area contributed by atoms with E-state index < -0.39 is 5.91 Å². The number of halogens is 3. The molecule has 0 radical (unpaired) electrons. The van der Waals surface area contributed by atoms with Gasteiger partial charge in [0.15, 0.2) is 11.5 Å². The van der Waals surface area contributed by atoms with Crippen LogP contribution in [0, 0.1) is 6.92 Å². The van der Waals surface area contributed by atoms with Gasteiger partial charge in [-0.3, -0.25) is 4.79 Å². The van der Waals surface area contributed by atoms with Crippen LogP contribution in [0.3, 0.4) is 0 Å². The number of hydrogen-bond donors (Lipinski definition) is 2. The van der Waals surface area contributed by atoms with E-state index in [9.17, 15) is 9.90 Å². The van der Waals surface area contributed by atoms with Crippen LogP contribution in [0.4, 0.5) is 0 Å². The number of ether oxygens (including phenoxy) is 1. The van der Waals surface area contributed by atoms with E-state index in [0.717, 1.165) is 5.56 Å². The Morgan fingerprint density at radius 1 is 1.36 bits per heavy atom. The number of nitrogens with one attached hydrogen (secondary N) is 1. The Kier molecular flexibility index (Phi) is 6.87. The molecule has 0 aliphatic rings. The molecule has 2 rings (SSSR count). The largest absolute Gasteiger partial charge is 0.503 e. The van der Waals surface area contributed by atoms with Crippen LogP contribution < -0.4 is 10.2 Å². The highest BCUT2D eigenvalue weighted by Gasteiger charge is 2.14. The Morgan fingerprint density at radius 2 is 2.08 bits per heavy atom. The van der Waals surface area contributed by atoms with Crippen LogP contribution in [0.2, 0.25) is 5.02 Å². The molecule has 0 heterocycles. The van der Waals surface area contributed by atoms with Gasteiger partial charge in [-0.25, -0.2) is 5.43 Å². The van der Waals surface area contributed by atoms with Crippen LogP contribution in [0.1, 0.15) is 28.4 Å². The second kappa shape index (κ2) is 8.69. The van der Waals surface area contributed by atoms with E-state index in [1.165, 1.54) is 6.21 Å². The summed E-state index contributed by atoms with van der Waals surface area (Å²) in [6.45, 7) is 4.11. The monoisotopic (exact) mass is 488 g/mol. The number of aryl methyl sites for hydroxylation is 1. The van der Waals surface area contributed by atoms with E-state index in [0.29, 0.717) is 37.5 Å². The number of carbonyl (C=O) groups is 1. The maximum Gasteiger partial charge on any atom is 0.272 e. The molecule has 5 nitrogen and oxygen atoms in total. The van der Waals surface area contributed by atoms with E-state index in [-0.39, 0.29) is 5.75 Å². The van der Waals surface area contributed by atoms with Crippen LogP contribution in [0.25, 0.3) is 0 Å². The zero-order valence-electron chi connectivity index (χ0n) is 13.4. The number of phenols is 1. The SMILES string of the molecule is CCOc1cc(/C=N\NC(=O)c2ccc(C)cc2Cl)c(Br)c(Br)c1O. The lowest BCUT2D eigenvalue weighted by Crippen LogP contribution is -2.18. The van der Waals surface area contributed by atoms with Crippen LogP contribution in [0.5, 0.6) is 11.5 Å². The van der Waals surface area contributed by atoms with Gasteiger partial charge < -0.3 is 9.84 Å². The average molecular weight is 491 g/mol. The van der Waals surface area contributed by atoms with Gasteiger partial charge in [-0.15, -0.1) is 0 Å². The minimum absolute atomic E-state index is 0.0126. The third-order valence-electron chi connectivity index (χ3n) is 3.21. The first kappa shape index (κ1) is 19.8. The van der Waals surface area contributed by atoms with E-state index in [1.807, 2.05) is 13.8 Å². The summed E-state index contributed by atoms with van der Waals surface area (Å²) in [6, 6.07) is 6.76. The zero-order valence-corrected chi connectivity index (χ0v) is 17.4. The third kappa shape index (κ3) is 4.74. The molecule has 8 heteroatoms. The van der Waals surface area contributed by atoms with Crippen LogP contribution in [0.15, 0.2) is 38.3 Å². The number of nitrogens with zero attached hydrogens (tertiary/aromatic N) is 1. The second-order valence-electron chi connectivity index (χ2n) is 5.06. The molecule has 2 N–H and O–H groups in total. The van der Waals surface area contributed by atoms with Gasteiger partial charge in [0.25, 0.3) is 5.91 Å². The maximum atomic E-state index is 12.1. The quantitative estimate of drug-likeness (QED) is 0.456. The van der Waals surface area contributed by atoms with Gasteiger partial charge in [-0.1, -0.05) is 17.7 Å². The van der Waals surface area contributed by atoms with E-state index >= 15 is 0 Å². The molecule has 2 aromatic rings. The van der Waals surface area contributed by atoms with Crippen molar-refractivity contribution in [3.05, 3.63) is 54.9 Å². The Morgan fingerprint density at radius 3 is 2.72 bits per heavy atom. The van der Waals surface area contributed by atoms with Crippen LogP contribution in [-0.2, 0) is 0 Å². The molecule has 0 saturated carbocycles. The first-order valence-corrected chi connectivity index (χ1v) is 9.24. The minimum Gasteiger partial charge on any atom is -0.503 e. The lowest BCUT2D eigenvalue weighted by atomic mass is 10.1. The summed E-state index contributed by atoms with van der Waals surface area (Å²) < 4.78 is 6.39. The summed E-state index contributed by atoms with van der Waals surface area (Å²) in [5.41, 5.74) is 4.34. The fourth-order valence-electron chi connectivity index (χ4n) is 2.00. The molecular weight excluding hydrogens is 475 g/mol. The molecule has 0 fully saturated rings. The van der Waals surface area contributed by atoms with Crippen molar-refractivity contribution in [2.75, 3.05) is 6.61 Å². The molecule has 0 unspecified atom stereocenters. The number of amides is 1. The van der Waals surface area contributed by atoms with Crippen molar-refractivity contribution in [2.24, 2.45) is 5.10 Å². The lowest BCUT2D eigenvalue weighted by molar-refractivity contribution is 0.0955. The summed E-state index contributed by atoms with van der Waals surface area (Å²) in [5, 5.41) is 14.3. The highest BCUT2D eigenvalue weighted by molar-refractivity contribution is 9.13. The van der Waals surface area contributed by atoms with Crippen molar-refractivity contribution in [3.8, 4) is 11.5 Å². The van der Waals surface area contributed by atoms with E-state index in [4.69, 9.17) is 16.3 Å². The molecule has 0 spiro atoms. The zero-order chi connectivity index (χ0) is 18.6. The molecule has 0 saturated heterocycles. The van der Waals surface area contributed by atoms with Gasteiger partial charge in [0.2, 0.25) is 0 Å². The van der Waals surface area contributed by atoms with Crippen molar-refractivity contribution in [3.63, 3.8) is 0 Å². The third-order valence-corrected chi connectivity index (χ3v) is 5.68. The van der Waals surface area contributed by atoms with Crippen LogP contribution >= 0.6 is 43.5 Å². The lowest BCUT2D eigenvalue weighted by Gasteiger charge is -2.11. The summed E-state index contributed by atoms with van der Waals surface area (Å²) in [6.07, 6.45) is 1.44. The van der Waals surface area contributed by atoms with Gasteiger partial charge in [0, 0.05) is 10.0 Å². The van der Waals surface area contributed by atoms with Gasteiger partial charge in [-0.2, -0.15) is 5.10 Å². The van der Waals surface area contributed by atoms with E-state index in [1.54, 1.807) is 24.3 Å². The molecule has 0 aromatic heterocycles. The van der Waals surface area contributed by atoms with Crippen LogP contribution in [-0.4, -0.2) is 23.8 Å². The van der Waals surface area contributed by atoms with Crippen molar-refractivity contribution >= 4 is 55.6 Å². The molecular formula is C17H15Br2ClN2O3. The standard InChI is InChI=1S/C17H15Br2ClN2O3/c1-3-25-13-7-10(14(18)15(19)16(13)23)8-21-22-17(24)11-5-4-9(2)6-12(11)20/h4-8,23H,3H2,1-2H3,(H,22,24)/b21-8-. The summed E-state index contributed by atoms with van der Waals surface area (Å²) in [7, 11) is 0. The molecule has 0 bridgehead atoms. The average Bonchev–Trinajstić information content (AvgIpc) is 2.56. The predicted molar refractivity (Wildman–Crippen MR) is 106 cm³/mol. The molecule has 0 aliphatic carbocycles. The number of aromatic hydroxyl groups is 1. The first-order chi connectivity index (χ1) is 11.8. The Labute approximate surface area is 167 Å². The molecule has 1 amide bonds. The summed E-state index contributed by atoms with van der Waals surface area (Å²) in [4.78, 5) is 12.1. The summed E-state index contributed by atoms with van der Waals surface area (Å²) in [5.74, 6) is -0.117. The number of carbonyl (C=O) groups excluding carboxylic acids is 1. The van der Waals surface area contributed by atoms with Crippen molar-refractivity contribution < 1.29 is 14.6 Å². The molecule has 0 aliphatic heterocycles. The minimum atomic E-state index is -0.416. The molecule has 2 aromatic carbocycles. The predicted octanol–water partition coefficient (Wildman–Crippen LogP) is 5.04. The number of hydrogen-bond acceptors (Lipinski definition) is 4. The van der Waals surface area contributed by atoms with Gasteiger partial charge >= 0.3 is 0 Å². The first-order valence-electron chi connectivity index (χ1n) is 7.28. The second-order valence-corrected chi connectivity index (χ2v) is 7.05.